The minimum Gasteiger partial charge on any atom is -0.387 e. The molecule has 20 heteroatoms. The second-order valence-electron chi connectivity index (χ2n) is 5.91. The lowest BCUT2D eigenvalue weighted by Crippen LogP contribution is -2.38. The molecule has 30 heavy (non-hydrogen) atoms. The Morgan fingerprint density at radius 2 is 1.67 bits per heavy atom. The van der Waals surface area contributed by atoms with Gasteiger partial charge in [0.15, 0.2) is 6.23 Å². The molecule has 3 unspecified atom stereocenters. The van der Waals surface area contributed by atoms with Crippen molar-refractivity contribution in [1.82, 2.24) is 9.55 Å². The molecule has 2 rings (SSSR count). The van der Waals surface area contributed by atoms with Crippen LogP contribution in [0.15, 0.2) is 15.8 Å². The Balaban J connectivity index is 2.09. The number of aromatic amines is 1. The molecule has 1 aliphatic rings. The molecular weight excluding hydrogens is 481 g/mol. The quantitative estimate of drug-likeness (QED) is 0.188. The van der Waals surface area contributed by atoms with Crippen molar-refractivity contribution in [3.8, 4) is 0 Å². The fraction of sp³-hybridized carbons (Fsp3) is 0.600. The van der Waals surface area contributed by atoms with Gasteiger partial charge < -0.3 is 34.5 Å². The predicted molar refractivity (Wildman–Crippen MR) is 91.8 cm³/mol. The molecule has 1 fully saturated rings. The van der Waals surface area contributed by atoms with E-state index in [4.69, 9.17) is 19.4 Å². The number of rotatable bonds is 8. The van der Waals surface area contributed by atoms with Crippen molar-refractivity contribution in [3.05, 3.63) is 32.6 Å². The molecule has 6 atom stereocenters. The molecule has 2 heterocycles. The maximum absolute atomic E-state index is 11.9. The zero-order chi connectivity index (χ0) is 23.1. The summed E-state index contributed by atoms with van der Waals surface area (Å²) in [5.74, 6) is 0. The first-order valence-corrected chi connectivity index (χ1v) is 12.2. The van der Waals surface area contributed by atoms with Gasteiger partial charge in [-0.15, -0.1) is 0 Å². The molecule has 1 aromatic rings. The number of ether oxygens (including phenoxy) is 1. The Morgan fingerprint density at radius 3 is 2.23 bits per heavy atom. The van der Waals surface area contributed by atoms with E-state index in [0.29, 0.717) is 0 Å². The fourth-order valence-corrected chi connectivity index (χ4v) is 5.37. The summed E-state index contributed by atoms with van der Waals surface area (Å²) >= 11 is 0. The lowest BCUT2D eigenvalue weighted by atomic mass is 10.1. The molecule has 1 aliphatic heterocycles. The fourth-order valence-electron chi connectivity index (χ4n) is 2.34. The molecule has 0 bridgehead atoms. The lowest BCUT2D eigenvalue weighted by molar-refractivity contribution is -0.0543. The molecule has 0 aromatic carbocycles. The molecule has 0 amide bonds. The lowest BCUT2D eigenvalue weighted by Gasteiger charge is -2.19. The van der Waals surface area contributed by atoms with Gasteiger partial charge in [0, 0.05) is 11.8 Å². The largest absolute Gasteiger partial charge is 0.490 e. The molecule has 0 aliphatic carbocycles. The van der Waals surface area contributed by atoms with Crippen LogP contribution in [0.5, 0.6) is 0 Å². The highest BCUT2D eigenvalue weighted by molar-refractivity contribution is 7.66. The van der Waals surface area contributed by atoms with Crippen LogP contribution in [-0.2, 0) is 31.6 Å². The van der Waals surface area contributed by atoms with Crippen LogP contribution in [0, 0.1) is 6.92 Å². The van der Waals surface area contributed by atoms with Crippen LogP contribution in [0.3, 0.4) is 0 Å². The number of aliphatic hydroxyl groups excluding tert-OH is 2. The third kappa shape index (κ3) is 6.48. The van der Waals surface area contributed by atoms with E-state index in [2.05, 4.69) is 13.1 Å². The van der Waals surface area contributed by atoms with Crippen LogP contribution < -0.4 is 11.2 Å². The van der Waals surface area contributed by atoms with Gasteiger partial charge >= 0.3 is 29.2 Å². The van der Waals surface area contributed by atoms with Crippen LogP contribution in [0.25, 0.3) is 0 Å². The molecule has 0 spiro atoms. The summed E-state index contributed by atoms with van der Waals surface area (Å²) in [6.45, 7) is 0.300. The standard InChI is InChI=1S/C10H17N2O15P3/c1-4-2-12(10(16)11-8(4)15)9-7(14)6(13)5(25-9)3-24-29(20,21)27-30(22,23)26-28(17,18)19/h2,5-7,9,13-14H,3H2,1H3,(H,20,21)(H,22,23)(H,11,15,16)(H2,17,18,19)/t5-,6?,7+,9-/m0/s1. The van der Waals surface area contributed by atoms with E-state index in [-0.39, 0.29) is 5.56 Å². The van der Waals surface area contributed by atoms with Crippen molar-refractivity contribution < 1.29 is 61.4 Å². The van der Waals surface area contributed by atoms with E-state index >= 15 is 0 Å². The highest BCUT2D eigenvalue weighted by Gasteiger charge is 2.46. The minimum atomic E-state index is -5.73. The van der Waals surface area contributed by atoms with E-state index in [1.54, 1.807) is 0 Å². The normalized spacial score (nSPS) is 28.8. The molecule has 172 valence electrons. The number of aryl methyl sites for hydroxylation is 1. The van der Waals surface area contributed by atoms with Gasteiger partial charge in [-0.25, -0.2) is 18.5 Å². The van der Waals surface area contributed by atoms with E-state index in [1.807, 2.05) is 4.98 Å². The topological polar surface area (TPSA) is 264 Å². The molecule has 1 saturated heterocycles. The summed E-state index contributed by atoms with van der Waals surface area (Å²) in [6.07, 6.45) is -5.64. The van der Waals surface area contributed by atoms with Crippen LogP contribution in [-0.4, -0.2) is 64.3 Å². The van der Waals surface area contributed by atoms with Gasteiger partial charge in [-0.05, 0) is 6.92 Å². The number of nitrogens with zero attached hydrogens (tertiary/aromatic N) is 1. The van der Waals surface area contributed by atoms with Crippen molar-refractivity contribution in [2.45, 2.75) is 31.5 Å². The average molecular weight is 498 g/mol. The predicted octanol–water partition coefficient (Wildman–Crippen LogP) is -2.19. The molecular formula is C10H17N2O15P3. The van der Waals surface area contributed by atoms with Crippen LogP contribution in [0.1, 0.15) is 11.8 Å². The summed E-state index contributed by atoms with van der Waals surface area (Å²) in [4.78, 5) is 60.6. The SMILES string of the molecule is Cc1cn([C@H]2O[C@@H](COP(=O)(O)OP(=O)(O)OP(=O)(O)O)C(O)[C@H]2O)c(=O)[nH]c1=O. The molecule has 0 radical (unpaired) electrons. The summed E-state index contributed by atoms with van der Waals surface area (Å²) in [7, 11) is -16.8. The van der Waals surface area contributed by atoms with Gasteiger partial charge in [0.25, 0.3) is 5.56 Å². The van der Waals surface area contributed by atoms with Crippen LogP contribution in [0.2, 0.25) is 0 Å². The first kappa shape index (κ1) is 25.2. The number of hydrogen-bond donors (Lipinski definition) is 7. The second-order valence-corrected chi connectivity index (χ2v) is 10.3. The van der Waals surface area contributed by atoms with E-state index in [1.165, 1.54) is 6.92 Å². The van der Waals surface area contributed by atoms with Gasteiger partial charge in [-0.1, -0.05) is 0 Å². The number of H-pyrrole nitrogens is 1. The van der Waals surface area contributed by atoms with Gasteiger partial charge in [-0.2, -0.15) is 8.62 Å². The number of aromatic nitrogens is 2. The number of hydrogen-bond acceptors (Lipinski definition) is 11. The molecule has 1 aromatic heterocycles. The summed E-state index contributed by atoms with van der Waals surface area (Å²) in [5, 5.41) is 20.1. The molecule has 17 nitrogen and oxygen atoms in total. The van der Waals surface area contributed by atoms with Gasteiger partial charge in [-0.3, -0.25) is 18.9 Å². The third-order valence-corrected chi connectivity index (χ3v) is 7.38. The van der Waals surface area contributed by atoms with Gasteiger partial charge in [0.2, 0.25) is 0 Å². The van der Waals surface area contributed by atoms with Crippen molar-refractivity contribution in [2.75, 3.05) is 6.61 Å². The molecule has 0 saturated carbocycles. The monoisotopic (exact) mass is 498 g/mol. The van der Waals surface area contributed by atoms with E-state index in [9.17, 15) is 38.4 Å². The van der Waals surface area contributed by atoms with Crippen LogP contribution in [0.4, 0.5) is 0 Å². The highest BCUT2D eigenvalue weighted by Crippen LogP contribution is 2.66. The van der Waals surface area contributed by atoms with Crippen molar-refractivity contribution in [1.29, 1.82) is 0 Å². The Morgan fingerprint density at radius 1 is 1.07 bits per heavy atom. The smallest absolute Gasteiger partial charge is 0.387 e. The second kappa shape index (κ2) is 8.84. The zero-order valence-corrected chi connectivity index (χ0v) is 17.4. The number of phosphoric acid groups is 3. The Bertz CT molecular complexity index is 1040. The first-order chi connectivity index (χ1) is 13.5. The highest BCUT2D eigenvalue weighted by atomic mass is 31.3. The summed E-state index contributed by atoms with van der Waals surface area (Å²) in [5.41, 5.74) is -1.62. The maximum atomic E-state index is 11.9. The van der Waals surface area contributed by atoms with Crippen molar-refractivity contribution in [2.24, 2.45) is 0 Å². The Hall–Kier alpha value is -1.03. The van der Waals surface area contributed by atoms with E-state index < -0.39 is 65.9 Å². The third-order valence-electron chi connectivity index (χ3n) is 3.58. The minimum absolute atomic E-state index is 0.0663. The van der Waals surface area contributed by atoms with Crippen LogP contribution >= 0.6 is 23.5 Å². The van der Waals surface area contributed by atoms with Crippen molar-refractivity contribution in [3.63, 3.8) is 0 Å². The van der Waals surface area contributed by atoms with Gasteiger partial charge in [0.05, 0.1) is 6.61 Å². The van der Waals surface area contributed by atoms with Gasteiger partial charge in [0.1, 0.15) is 18.3 Å². The maximum Gasteiger partial charge on any atom is 0.490 e. The average Bonchev–Trinajstić information content (AvgIpc) is 2.81. The zero-order valence-electron chi connectivity index (χ0n) is 14.7. The van der Waals surface area contributed by atoms with E-state index in [0.717, 1.165) is 10.8 Å². The van der Waals surface area contributed by atoms with Crippen molar-refractivity contribution >= 4 is 23.5 Å². The number of nitrogens with one attached hydrogen (secondary N) is 1. The Labute approximate surface area is 165 Å². The first-order valence-electron chi connectivity index (χ1n) is 7.63. The Kier molecular flexibility index (Phi) is 7.44. The molecule has 7 N–H and O–H groups in total. The number of phosphoric ester groups is 1. The summed E-state index contributed by atoms with van der Waals surface area (Å²) in [6, 6.07) is 0. The summed E-state index contributed by atoms with van der Waals surface area (Å²) < 4.78 is 50.8. The number of aliphatic hydroxyl groups is 2.